The van der Waals surface area contributed by atoms with Gasteiger partial charge in [-0.3, -0.25) is 4.79 Å². The van der Waals surface area contributed by atoms with Crippen LogP contribution in [0.15, 0.2) is 36.4 Å². The maximum Gasteiger partial charge on any atom is 0.586 e. The molecule has 1 unspecified atom stereocenters. The molecule has 1 amide bonds. The smallest absolute Gasteiger partial charge is 0.494 e. The van der Waals surface area contributed by atoms with E-state index in [-0.39, 0.29) is 40.3 Å². The minimum Gasteiger partial charge on any atom is -0.494 e. The summed E-state index contributed by atoms with van der Waals surface area (Å²) in [7, 11) is 1.53. The second-order valence-corrected chi connectivity index (χ2v) is 10.7. The summed E-state index contributed by atoms with van der Waals surface area (Å²) in [6.07, 6.45) is -3.53. The predicted octanol–water partition coefficient (Wildman–Crippen LogP) is 5.03. The van der Waals surface area contributed by atoms with Crippen LogP contribution in [0.3, 0.4) is 0 Å². The van der Waals surface area contributed by atoms with Crippen molar-refractivity contribution in [3.05, 3.63) is 47.7 Å². The Balaban J connectivity index is 0.00000187. The van der Waals surface area contributed by atoms with Gasteiger partial charge < -0.3 is 34.3 Å². The minimum atomic E-state index is -3.72. The number of aliphatic hydroxyl groups is 2. The number of nitrogens with one attached hydrogen (secondary N) is 1. The Morgan fingerprint density at radius 1 is 1.19 bits per heavy atom. The van der Waals surface area contributed by atoms with Crippen LogP contribution < -0.4 is 19.5 Å². The molecule has 204 valence electrons. The number of alkyl halides is 2. The van der Waals surface area contributed by atoms with Crippen LogP contribution >= 0.6 is 0 Å². The molecule has 1 saturated carbocycles. The molecule has 3 N–H and O–H groups in total. The van der Waals surface area contributed by atoms with Crippen molar-refractivity contribution >= 4 is 22.5 Å². The lowest BCUT2D eigenvalue weighted by atomic mass is 9.92. The SMILES string of the molecule is COc1cc(NC(=O)C2(c3ccc4c(c3)OC(F)(F)O4)CC2)cc2cc(C(C)(C)C)n(CC(O)CO)c12.[HH].[HH].[HH]. The number of carbonyl (C=O) groups is 1. The highest BCUT2D eigenvalue weighted by molar-refractivity contribution is 6.03. The van der Waals surface area contributed by atoms with Crippen molar-refractivity contribution in [2.45, 2.75) is 63.4 Å². The molecule has 1 aliphatic heterocycles. The molecular formula is C27H36F2N2O6. The fourth-order valence-electron chi connectivity index (χ4n) is 4.95. The van der Waals surface area contributed by atoms with Gasteiger partial charge in [-0.25, -0.2) is 0 Å². The molecule has 0 bridgehead atoms. The first-order valence-electron chi connectivity index (χ1n) is 12.1. The molecule has 5 rings (SSSR count). The Labute approximate surface area is 217 Å². The van der Waals surface area contributed by atoms with Crippen LogP contribution in [0.1, 0.15) is 49.2 Å². The van der Waals surface area contributed by atoms with E-state index >= 15 is 0 Å². The van der Waals surface area contributed by atoms with Crippen molar-refractivity contribution in [2.24, 2.45) is 0 Å². The van der Waals surface area contributed by atoms with Gasteiger partial charge in [-0.15, -0.1) is 8.78 Å². The number of aromatic nitrogens is 1. The number of nitrogens with zero attached hydrogens (tertiary/aromatic N) is 1. The zero-order valence-corrected chi connectivity index (χ0v) is 21.1. The van der Waals surface area contributed by atoms with E-state index in [1.807, 2.05) is 16.7 Å². The molecule has 10 heteroatoms. The third kappa shape index (κ3) is 4.48. The first kappa shape index (κ1) is 25.3. The summed E-state index contributed by atoms with van der Waals surface area (Å²) in [6, 6.07) is 9.99. The lowest BCUT2D eigenvalue weighted by Gasteiger charge is -2.24. The minimum absolute atomic E-state index is 0. The molecule has 2 heterocycles. The number of fused-ring (bicyclic) bond motifs is 2. The normalized spacial score (nSPS) is 18.1. The number of carbonyl (C=O) groups excluding carboxylic acids is 1. The average Bonchev–Trinajstić information content (AvgIpc) is 3.46. The van der Waals surface area contributed by atoms with Gasteiger partial charge in [0.2, 0.25) is 5.91 Å². The number of ether oxygens (including phenoxy) is 3. The monoisotopic (exact) mass is 522 g/mol. The molecular weight excluding hydrogens is 486 g/mol. The Kier molecular flexibility index (Phi) is 5.87. The summed E-state index contributed by atoms with van der Waals surface area (Å²) in [5.41, 5.74) is 1.66. The summed E-state index contributed by atoms with van der Waals surface area (Å²) in [5.74, 6) is 0.0886. The van der Waals surface area contributed by atoms with E-state index in [0.29, 0.717) is 29.8 Å². The maximum absolute atomic E-state index is 13.5. The zero-order valence-electron chi connectivity index (χ0n) is 21.1. The van der Waals surface area contributed by atoms with Gasteiger partial charge in [0.1, 0.15) is 5.75 Å². The van der Waals surface area contributed by atoms with Crippen LogP contribution in [0.4, 0.5) is 14.5 Å². The second kappa shape index (κ2) is 8.59. The van der Waals surface area contributed by atoms with Crippen LogP contribution in [-0.2, 0) is 22.2 Å². The molecule has 37 heavy (non-hydrogen) atoms. The molecule has 1 fully saturated rings. The first-order chi connectivity index (χ1) is 17.4. The van der Waals surface area contributed by atoms with Crippen LogP contribution in [0.2, 0.25) is 0 Å². The van der Waals surface area contributed by atoms with E-state index in [2.05, 4.69) is 35.6 Å². The van der Waals surface area contributed by atoms with Gasteiger partial charge in [0.15, 0.2) is 11.5 Å². The Morgan fingerprint density at radius 2 is 1.89 bits per heavy atom. The quantitative estimate of drug-likeness (QED) is 0.402. The Hall–Kier alpha value is -3.37. The number of hydrogen-bond donors (Lipinski definition) is 3. The van der Waals surface area contributed by atoms with E-state index < -0.39 is 17.8 Å². The van der Waals surface area contributed by atoms with Gasteiger partial charge in [0, 0.05) is 32.5 Å². The van der Waals surface area contributed by atoms with Gasteiger partial charge in [0.25, 0.3) is 0 Å². The highest BCUT2D eigenvalue weighted by atomic mass is 19.3. The topological polar surface area (TPSA) is 102 Å². The van der Waals surface area contributed by atoms with E-state index in [9.17, 15) is 23.8 Å². The number of amides is 1. The number of halogens is 2. The number of hydrogen-bond acceptors (Lipinski definition) is 6. The van der Waals surface area contributed by atoms with E-state index in [1.165, 1.54) is 19.2 Å². The summed E-state index contributed by atoms with van der Waals surface area (Å²) in [4.78, 5) is 13.4. The average molecular weight is 523 g/mol. The summed E-state index contributed by atoms with van der Waals surface area (Å²) in [6.45, 7) is 5.96. The van der Waals surface area contributed by atoms with Crippen LogP contribution in [0, 0.1) is 0 Å². The lowest BCUT2D eigenvalue weighted by molar-refractivity contribution is -0.286. The van der Waals surface area contributed by atoms with Crippen molar-refractivity contribution < 1.29 is 42.3 Å². The number of rotatable bonds is 7. The van der Waals surface area contributed by atoms with Crippen molar-refractivity contribution in [3.63, 3.8) is 0 Å². The number of methoxy groups -OCH3 is 1. The molecule has 8 nitrogen and oxygen atoms in total. The molecule has 3 aromatic rings. The molecule has 2 aromatic carbocycles. The van der Waals surface area contributed by atoms with Gasteiger partial charge in [-0.1, -0.05) is 26.8 Å². The second-order valence-electron chi connectivity index (χ2n) is 10.7. The largest absolute Gasteiger partial charge is 0.586 e. The Bertz CT molecular complexity index is 1390. The van der Waals surface area contributed by atoms with Crippen molar-refractivity contribution in [2.75, 3.05) is 19.0 Å². The van der Waals surface area contributed by atoms with Gasteiger partial charge in [-0.05, 0) is 42.7 Å². The molecule has 1 atom stereocenters. The first-order valence-corrected chi connectivity index (χ1v) is 12.1. The van der Waals surface area contributed by atoms with Gasteiger partial charge in [0.05, 0.1) is 37.3 Å². The van der Waals surface area contributed by atoms with Crippen LogP contribution in [-0.4, -0.2) is 46.8 Å². The van der Waals surface area contributed by atoms with Crippen LogP contribution in [0.25, 0.3) is 10.9 Å². The van der Waals surface area contributed by atoms with E-state index in [4.69, 9.17) is 4.74 Å². The van der Waals surface area contributed by atoms with E-state index in [0.717, 1.165) is 16.6 Å². The van der Waals surface area contributed by atoms with Crippen molar-refractivity contribution in [1.29, 1.82) is 0 Å². The summed E-state index contributed by atoms with van der Waals surface area (Å²) in [5, 5.41) is 23.4. The highest BCUT2D eigenvalue weighted by Crippen LogP contribution is 2.52. The molecule has 1 aliphatic carbocycles. The van der Waals surface area contributed by atoms with Crippen molar-refractivity contribution in [3.8, 4) is 17.2 Å². The fraction of sp³-hybridized carbons (Fsp3) is 0.444. The number of aliphatic hydroxyl groups excluding tert-OH is 2. The number of benzene rings is 2. The standard InChI is InChI=1S/C27H30F2N2O6.3H2/c1-25(2,3)22-10-15-9-17(12-21(35-4)23(15)31(22)13-18(33)14-32)30-24(34)26(7-8-26)16-5-6-19-20(11-16)37-27(28,29)36-19;;;/h5-6,9-12,18,32-33H,7-8,13-14H2,1-4H3,(H,30,34);3*1H. The Morgan fingerprint density at radius 3 is 2.51 bits per heavy atom. The molecule has 0 spiro atoms. The predicted molar refractivity (Wildman–Crippen MR) is 139 cm³/mol. The maximum atomic E-state index is 13.5. The fourth-order valence-corrected chi connectivity index (χ4v) is 4.95. The molecule has 1 aromatic heterocycles. The van der Waals surface area contributed by atoms with Crippen LogP contribution in [0.5, 0.6) is 17.2 Å². The third-order valence-corrected chi connectivity index (χ3v) is 6.95. The lowest BCUT2D eigenvalue weighted by Crippen LogP contribution is -2.28. The summed E-state index contributed by atoms with van der Waals surface area (Å²) >= 11 is 0. The summed E-state index contributed by atoms with van der Waals surface area (Å²) < 4.78 is 43.6. The molecule has 0 radical (unpaired) electrons. The highest BCUT2D eigenvalue weighted by Gasteiger charge is 2.53. The zero-order chi connectivity index (χ0) is 26.8. The third-order valence-electron chi connectivity index (χ3n) is 6.95. The number of anilines is 1. The molecule has 2 aliphatic rings. The molecule has 0 saturated heterocycles. The van der Waals surface area contributed by atoms with Gasteiger partial charge in [-0.2, -0.15) is 0 Å². The van der Waals surface area contributed by atoms with Crippen molar-refractivity contribution in [1.82, 2.24) is 4.57 Å². The van der Waals surface area contributed by atoms with Gasteiger partial charge >= 0.3 is 6.29 Å². The van der Waals surface area contributed by atoms with E-state index in [1.54, 1.807) is 12.1 Å².